The maximum atomic E-state index is 12.2. The number of benzene rings is 1. The molecule has 1 aromatic carbocycles. The molecule has 0 radical (unpaired) electrons. The SMILES string of the molecule is CCN(CC)CCNC(=O)/C(=C/C=C/c1cc2cc(Cl)c(Cl)cc2[nH]1)OC. The summed E-state index contributed by atoms with van der Waals surface area (Å²) >= 11 is 12.1. The van der Waals surface area contributed by atoms with Crippen molar-refractivity contribution < 1.29 is 9.53 Å². The Balaban J connectivity index is 2.00. The van der Waals surface area contributed by atoms with Gasteiger partial charge in [0.1, 0.15) is 0 Å². The molecule has 27 heavy (non-hydrogen) atoms. The number of halogens is 2. The van der Waals surface area contributed by atoms with Crippen LogP contribution in [0.4, 0.5) is 0 Å². The van der Waals surface area contributed by atoms with Gasteiger partial charge in [-0.2, -0.15) is 0 Å². The molecule has 7 heteroatoms. The average molecular weight is 410 g/mol. The molecule has 0 atom stereocenters. The number of nitrogens with zero attached hydrogens (tertiary/aromatic N) is 1. The Labute approximate surface area is 170 Å². The Morgan fingerprint density at radius 3 is 2.59 bits per heavy atom. The van der Waals surface area contributed by atoms with Gasteiger partial charge in [-0.15, -0.1) is 0 Å². The van der Waals surface area contributed by atoms with Crippen molar-refractivity contribution in [2.24, 2.45) is 0 Å². The van der Waals surface area contributed by atoms with Crippen LogP contribution < -0.4 is 5.32 Å². The fraction of sp³-hybridized carbons (Fsp3) is 0.350. The number of fused-ring (bicyclic) bond motifs is 1. The number of allylic oxidation sites excluding steroid dienone is 2. The van der Waals surface area contributed by atoms with Crippen molar-refractivity contribution in [3.8, 4) is 0 Å². The minimum Gasteiger partial charge on any atom is -0.491 e. The smallest absolute Gasteiger partial charge is 0.286 e. The maximum absolute atomic E-state index is 12.2. The summed E-state index contributed by atoms with van der Waals surface area (Å²) in [5, 5.41) is 4.86. The first-order valence-corrected chi connectivity index (χ1v) is 9.64. The molecule has 0 unspecified atom stereocenters. The summed E-state index contributed by atoms with van der Waals surface area (Å²) in [4.78, 5) is 17.7. The Morgan fingerprint density at radius 2 is 1.93 bits per heavy atom. The Hall–Kier alpha value is -1.95. The fourth-order valence-electron chi connectivity index (χ4n) is 2.67. The molecule has 0 aliphatic carbocycles. The zero-order valence-corrected chi connectivity index (χ0v) is 17.3. The highest BCUT2D eigenvalue weighted by molar-refractivity contribution is 6.42. The highest BCUT2D eigenvalue weighted by atomic mass is 35.5. The molecule has 0 saturated heterocycles. The van der Waals surface area contributed by atoms with Gasteiger partial charge in [0, 0.05) is 29.7 Å². The summed E-state index contributed by atoms with van der Waals surface area (Å²) in [6, 6.07) is 5.56. The van der Waals surface area contributed by atoms with E-state index in [0.717, 1.165) is 36.2 Å². The lowest BCUT2D eigenvalue weighted by molar-refractivity contribution is -0.120. The molecular formula is C20H25Cl2N3O2. The molecule has 2 aromatic rings. The van der Waals surface area contributed by atoms with E-state index in [1.807, 2.05) is 18.2 Å². The summed E-state index contributed by atoms with van der Waals surface area (Å²) in [5.41, 5.74) is 1.77. The van der Waals surface area contributed by atoms with Crippen molar-refractivity contribution in [3.63, 3.8) is 0 Å². The molecule has 0 aliphatic rings. The first kappa shape index (κ1) is 21.4. The number of carbonyl (C=O) groups excluding carboxylic acids is 1. The number of nitrogens with one attached hydrogen (secondary N) is 2. The van der Waals surface area contributed by atoms with Crippen LogP contribution in [-0.2, 0) is 9.53 Å². The van der Waals surface area contributed by atoms with Gasteiger partial charge in [-0.3, -0.25) is 4.79 Å². The molecule has 0 spiro atoms. The van der Waals surface area contributed by atoms with E-state index in [9.17, 15) is 4.79 Å². The van der Waals surface area contributed by atoms with Gasteiger partial charge in [-0.05, 0) is 43.4 Å². The largest absolute Gasteiger partial charge is 0.491 e. The van der Waals surface area contributed by atoms with Crippen LogP contribution in [-0.4, -0.2) is 49.1 Å². The van der Waals surface area contributed by atoms with Gasteiger partial charge in [0.25, 0.3) is 5.91 Å². The standard InChI is InChI=1S/C20H25Cl2N3O2/c1-4-25(5-2)10-9-23-20(26)19(27-3)8-6-7-15-11-14-12-16(21)17(22)13-18(14)24-15/h6-8,11-13,24H,4-5,9-10H2,1-3H3,(H,23,26)/b7-6+,19-8-. The van der Waals surface area contributed by atoms with Crippen LogP contribution >= 0.6 is 23.2 Å². The number of ether oxygens (including phenoxy) is 1. The number of aromatic amines is 1. The van der Waals surface area contributed by atoms with E-state index in [4.69, 9.17) is 27.9 Å². The van der Waals surface area contributed by atoms with Gasteiger partial charge in [0.15, 0.2) is 5.76 Å². The molecule has 1 heterocycles. The Bertz CT molecular complexity index is 800. The molecule has 5 nitrogen and oxygen atoms in total. The van der Waals surface area contributed by atoms with Crippen LogP contribution in [0, 0.1) is 0 Å². The summed E-state index contributed by atoms with van der Waals surface area (Å²) in [6.45, 7) is 7.51. The van der Waals surface area contributed by atoms with Crippen LogP contribution in [0.2, 0.25) is 10.0 Å². The van der Waals surface area contributed by atoms with E-state index in [0.29, 0.717) is 16.6 Å². The molecule has 2 N–H and O–H groups in total. The average Bonchev–Trinajstić information content (AvgIpc) is 3.04. The van der Waals surface area contributed by atoms with Crippen LogP contribution in [0.3, 0.4) is 0 Å². The summed E-state index contributed by atoms with van der Waals surface area (Å²) in [6.07, 6.45) is 5.25. The minimum absolute atomic E-state index is 0.232. The van der Waals surface area contributed by atoms with E-state index in [1.165, 1.54) is 7.11 Å². The number of aromatic nitrogens is 1. The van der Waals surface area contributed by atoms with Gasteiger partial charge in [-0.25, -0.2) is 0 Å². The highest BCUT2D eigenvalue weighted by Gasteiger charge is 2.09. The molecule has 0 saturated carbocycles. The second-order valence-electron chi connectivity index (χ2n) is 5.96. The van der Waals surface area contributed by atoms with Crippen molar-refractivity contribution in [1.82, 2.24) is 15.2 Å². The third kappa shape index (κ3) is 6.03. The van der Waals surface area contributed by atoms with Crippen molar-refractivity contribution in [2.45, 2.75) is 13.8 Å². The molecule has 146 valence electrons. The number of methoxy groups -OCH3 is 1. The van der Waals surface area contributed by atoms with Crippen molar-refractivity contribution in [1.29, 1.82) is 0 Å². The minimum atomic E-state index is -0.232. The second kappa shape index (κ2) is 10.4. The number of carbonyl (C=O) groups is 1. The summed E-state index contributed by atoms with van der Waals surface area (Å²) in [7, 11) is 1.48. The number of rotatable bonds is 9. The van der Waals surface area contributed by atoms with Crippen molar-refractivity contribution in [3.05, 3.63) is 51.8 Å². The molecule has 1 amide bonds. The first-order valence-electron chi connectivity index (χ1n) is 8.89. The van der Waals surface area contributed by atoms with Gasteiger partial charge < -0.3 is 19.9 Å². The third-order valence-corrected chi connectivity index (χ3v) is 4.98. The lowest BCUT2D eigenvalue weighted by Crippen LogP contribution is -2.35. The Kier molecular flexibility index (Phi) is 8.23. The third-order valence-electron chi connectivity index (χ3n) is 4.26. The molecule has 0 bridgehead atoms. The van der Waals surface area contributed by atoms with E-state index >= 15 is 0 Å². The van der Waals surface area contributed by atoms with E-state index in [-0.39, 0.29) is 11.7 Å². The second-order valence-corrected chi connectivity index (χ2v) is 6.77. The number of H-pyrrole nitrogens is 1. The lowest BCUT2D eigenvalue weighted by atomic mass is 10.2. The predicted octanol–water partition coefficient (Wildman–Crippen LogP) is 4.48. The van der Waals surface area contributed by atoms with Gasteiger partial charge in [-0.1, -0.05) is 43.1 Å². The predicted molar refractivity (Wildman–Crippen MR) is 113 cm³/mol. The van der Waals surface area contributed by atoms with Crippen molar-refractivity contribution in [2.75, 3.05) is 33.3 Å². The van der Waals surface area contributed by atoms with Crippen LogP contribution in [0.15, 0.2) is 36.1 Å². The summed E-state index contributed by atoms with van der Waals surface area (Å²) in [5.74, 6) is 0.0255. The molecule has 1 aromatic heterocycles. The zero-order chi connectivity index (χ0) is 19.8. The normalized spacial score (nSPS) is 12.3. The fourth-order valence-corrected chi connectivity index (χ4v) is 3.00. The maximum Gasteiger partial charge on any atom is 0.286 e. The first-order chi connectivity index (χ1) is 13.0. The van der Waals surface area contributed by atoms with E-state index in [1.54, 1.807) is 18.2 Å². The van der Waals surface area contributed by atoms with Crippen molar-refractivity contribution >= 4 is 46.1 Å². The highest BCUT2D eigenvalue weighted by Crippen LogP contribution is 2.28. The topological polar surface area (TPSA) is 57.4 Å². The Morgan fingerprint density at radius 1 is 1.22 bits per heavy atom. The van der Waals surface area contributed by atoms with E-state index < -0.39 is 0 Å². The van der Waals surface area contributed by atoms with Gasteiger partial charge in [0.2, 0.25) is 0 Å². The van der Waals surface area contributed by atoms with Crippen LogP contribution in [0.25, 0.3) is 17.0 Å². The summed E-state index contributed by atoms with van der Waals surface area (Å²) < 4.78 is 5.19. The number of amides is 1. The zero-order valence-electron chi connectivity index (χ0n) is 15.8. The van der Waals surface area contributed by atoms with Crippen LogP contribution in [0.1, 0.15) is 19.5 Å². The molecular weight excluding hydrogens is 385 g/mol. The number of hydrogen-bond acceptors (Lipinski definition) is 3. The number of likely N-dealkylation sites (N-methyl/N-ethyl adjacent to an activating group) is 1. The van der Waals surface area contributed by atoms with E-state index in [2.05, 4.69) is 29.0 Å². The molecule has 0 aliphatic heterocycles. The van der Waals surface area contributed by atoms with Gasteiger partial charge in [0.05, 0.1) is 17.2 Å². The molecule has 2 rings (SSSR count). The van der Waals surface area contributed by atoms with Gasteiger partial charge >= 0.3 is 0 Å². The molecule has 0 fully saturated rings. The quantitative estimate of drug-likeness (QED) is 0.364. The van der Waals surface area contributed by atoms with Crippen LogP contribution in [0.5, 0.6) is 0 Å². The lowest BCUT2D eigenvalue weighted by Gasteiger charge is -2.18. The number of hydrogen-bond donors (Lipinski definition) is 2. The monoisotopic (exact) mass is 409 g/mol.